The van der Waals surface area contributed by atoms with E-state index in [1.54, 1.807) is 24.3 Å². The predicted molar refractivity (Wildman–Crippen MR) is 105 cm³/mol. The minimum Gasteiger partial charge on any atom is -0.350 e. The van der Waals surface area contributed by atoms with Crippen molar-refractivity contribution in [1.29, 1.82) is 0 Å². The summed E-state index contributed by atoms with van der Waals surface area (Å²) < 4.78 is 1.84. The van der Waals surface area contributed by atoms with E-state index in [2.05, 4.69) is 21.0 Å². The van der Waals surface area contributed by atoms with Gasteiger partial charge in [0.1, 0.15) is 5.69 Å². The number of carbonyl (C=O) groups excluding carboxylic acids is 2. The molecule has 0 radical (unpaired) electrons. The highest BCUT2D eigenvalue weighted by Gasteiger charge is 2.17. The fraction of sp³-hybridized carbons (Fsp3) is 0.421. The molecule has 2 amide bonds. The van der Waals surface area contributed by atoms with Crippen molar-refractivity contribution in [2.45, 2.75) is 32.2 Å². The van der Waals surface area contributed by atoms with Crippen LogP contribution in [0, 0.1) is 6.92 Å². The van der Waals surface area contributed by atoms with E-state index in [4.69, 9.17) is 11.6 Å². The first-order valence-corrected chi connectivity index (χ1v) is 9.51. The molecule has 27 heavy (non-hydrogen) atoms. The molecule has 0 spiro atoms. The van der Waals surface area contributed by atoms with E-state index in [9.17, 15) is 9.59 Å². The van der Waals surface area contributed by atoms with E-state index < -0.39 is 0 Å². The van der Waals surface area contributed by atoms with Gasteiger partial charge in [0.2, 0.25) is 5.91 Å². The van der Waals surface area contributed by atoms with Crippen LogP contribution < -0.4 is 16.0 Å². The number of aromatic nitrogens is 2. The molecule has 3 rings (SSSR count). The fourth-order valence-electron chi connectivity index (χ4n) is 3.06. The van der Waals surface area contributed by atoms with E-state index in [0.29, 0.717) is 16.4 Å². The Hall–Kier alpha value is -2.38. The summed E-state index contributed by atoms with van der Waals surface area (Å²) in [5, 5.41) is 13.9. The second-order valence-electron chi connectivity index (χ2n) is 6.65. The molecule has 1 aromatic heterocycles. The van der Waals surface area contributed by atoms with Gasteiger partial charge < -0.3 is 16.0 Å². The summed E-state index contributed by atoms with van der Waals surface area (Å²) in [4.78, 5) is 24.3. The third-order valence-electron chi connectivity index (χ3n) is 4.67. The van der Waals surface area contributed by atoms with Crippen LogP contribution in [0.15, 0.2) is 30.5 Å². The smallest absolute Gasteiger partial charge is 0.271 e. The Kier molecular flexibility index (Phi) is 6.47. The molecule has 1 aromatic carbocycles. The number of halogens is 1. The van der Waals surface area contributed by atoms with Gasteiger partial charge in [0.15, 0.2) is 0 Å². The van der Waals surface area contributed by atoms with Crippen LogP contribution in [0.25, 0.3) is 0 Å². The van der Waals surface area contributed by atoms with Gasteiger partial charge in [-0.3, -0.25) is 14.3 Å². The second-order valence-corrected chi connectivity index (χ2v) is 7.05. The molecular formula is C19H24ClN5O2. The molecule has 1 unspecified atom stereocenters. The van der Waals surface area contributed by atoms with Crippen molar-refractivity contribution in [3.05, 3.63) is 46.7 Å². The van der Waals surface area contributed by atoms with Crippen LogP contribution in [0.4, 0.5) is 5.69 Å². The molecule has 2 heterocycles. The Morgan fingerprint density at radius 1 is 1.37 bits per heavy atom. The minimum atomic E-state index is -0.274. The van der Waals surface area contributed by atoms with Crippen LogP contribution in [0.3, 0.4) is 0 Å². The van der Waals surface area contributed by atoms with Crippen molar-refractivity contribution in [2.24, 2.45) is 0 Å². The first-order valence-electron chi connectivity index (χ1n) is 9.13. The Bertz CT molecular complexity index is 814. The number of hydrogen-bond donors (Lipinski definition) is 3. The van der Waals surface area contributed by atoms with Gasteiger partial charge in [-0.15, -0.1) is 0 Å². The molecule has 1 atom stereocenters. The topological polar surface area (TPSA) is 88.0 Å². The molecule has 1 fully saturated rings. The SMILES string of the molecule is Cc1c(Cl)cccc1NC(=O)CCNC(=O)c1ccn(C2CCCNC2)n1. The van der Waals surface area contributed by atoms with Gasteiger partial charge in [-0.1, -0.05) is 17.7 Å². The zero-order valence-corrected chi connectivity index (χ0v) is 16.1. The summed E-state index contributed by atoms with van der Waals surface area (Å²) in [5.41, 5.74) is 1.87. The van der Waals surface area contributed by atoms with Crippen molar-refractivity contribution in [3.8, 4) is 0 Å². The monoisotopic (exact) mass is 389 g/mol. The first kappa shape index (κ1) is 19.4. The van der Waals surface area contributed by atoms with Crippen molar-refractivity contribution < 1.29 is 9.59 Å². The van der Waals surface area contributed by atoms with Gasteiger partial charge in [0, 0.05) is 36.4 Å². The van der Waals surface area contributed by atoms with Crippen LogP contribution in [0.2, 0.25) is 5.02 Å². The van der Waals surface area contributed by atoms with Crippen LogP contribution in [-0.4, -0.2) is 41.2 Å². The first-order chi connectivity index (χ1) is 13.0. The van der Waals surface area contributed by atoms with Gasteiger partial charge >= 0.3 is 0 Å². The van der Waals surface area contributed by atoms with E-state index in [-0.39, 0.29) is 30.8 Å². The summed E-state index contributed by atoms with van der Waals surface area (Å²) in [6.45, 7) is 3.98. The maximum Gasteiger partial charge on any atom is 0.271 e. The number of hydrogen-bond acceptors (Lipinski definition) is 4. The summed E-state index contributed by atoms with van der Waals surface area (Å²) in [5.74, 6) is -0.455. The van der Waals surface area contributed by atoms with Crippen molar-refractivity contribution in [2.75, 3.05) is 25.0 Å². The third kappa shape index (κ3) is 5.08. The molecule has 1 saturated heterocycles. The lowest BCUT2D eigenvalue weighted by atomic mass is 10.1. The van der Waals surface area contributed by atoms with Gasteiger partial charge in [0.25, 0.3) is 5.91 Å². The summed E-state index contributed by atoms with van der Waals surface area (Å²) in [6.07, 6.45) is 4.16. The molecule has 0 aliphatic carbocycles. The fourth-order valence-corrected chi connectivity index (χ4v) is 3.23. The normalized spacial score (nSPS) is 16.7. The zero-order chi connectivity index (χ0) is 19.2. The van der Waals surface area contributed by atoms with E-state index >= 15 is 0 Å². The molecule has 2 aromatic rings. The molecule has 1 aliphatic heterocycles. The largest absolute Gasteiger partial charge is 0.350 e. The van der Waals surface area contributed by atoms with Crippen molar-refractivity contribution >= 4 is 29.1 Å². The quantitative estimate of drug-likeness (QED) is 0.708. The third-order valence-corrected chi connectivity index (χ3v) is 5.07. The van der Waals surface area contributed by atoms with Crippen molar-refractivity contribution in [1.82, 2.24) is 20.4 Å². The van der Waals surface area contributed by atoms with Gasteiger partial charge in [-0.2, -0.15) is 5.10 Å². The lowest BCUT2D eigenvalue weighted by Gasteiger charge is -2.22. The van der Waals surface area contributed by atoms with Crippen LogP contribution >= 0.6 is 11.6 Å². The van der Waals surface area contributed by atoms with E-state index in [1.165, 1.54) is 0 Å². The maximum atomic E-state index is 12.2. The number of nitrogens with one attached hydrogen (secondary N) is 3. The molecular weight excluding hydrogens is 366 g/mol. The average Bonchev–Trinajstić information content (AvgIpc) is 3.16. The van der Waals surface area contributed by atoms with Crippen LogP contribution in [-0.2, 0) is 4.79 Å². The Morgan fingerprint density at radius 3 is 3.00 bits per heavy atom. The van der Waals surface area contributed by atoms with E-state index in [1.807, 2.05) is 17.8 Å². The van der Waals surface area contributed by atoms with Crippen LogP contribution in [0.1, 0.15) is 41.4 Å². The summed E-state index contributed by atoms with van der Waals surface area (Å²) >= 11 is 6.05. The standard InChI is InChI=1S/C19H24ClN5O2/c1-13-15(20)5-2-6-16(13)23-18(26)7-10-22-19(27)17-8-11-25(24-17)14-4-3-9-21-12-14/h2,5-6,8,11,14,21H,3-4,7,9-10,12H2,1H3,(H,22,27)(H,23,26). The van der Waals surface area contributed by atoms with Gasteiger partial charge in [-0.25, -0.2) is 0 Å². The van der Waals surface area contributed by atoms with Crippen molar-refractivity contribution in [3.63, 3.8) is 0 Å². The number of benzene rings is 1. The van der Waals surface area contributed by atoms with E-state index in [0.717, 1.165) is 31.5 Å². The lowest BCUT2D eigenvalue weighted by Crippen LogP contribution is -2.32. The number of rotatable bonds is 6. The van der Waals surface area contributed by atoms with Gasteiger partial charge in [-0.05, 0) is 50.1 Å². The molecule has 7 nitrogen and oxygen atoms in total. The Labute approximate surface area is 163 Å². The number of amides is 2. The average molecular weight is 390 g/mol. The minimum absolute atomic E-state index is 0.172. The maximum absolute atomic E-state index is 12.2. The highest BCUT2D eigenvalue weighted by Crippen LogP contribution is 2.22. The molecule has 8 heteroatoms. The molecule has 0 saturated carbocycles. The number of nitrogens with zero attached hydrogens (tertiary/aromatic N) is 2. The van der Waals surface area contributed by atoms with Crippen LogP contribution in [0.5, 0.6) is 0 Å². The number of anilines is 1. The highest BCUT2D eigenvalue weighted by molar-refractivity contribution is 6.31. The zero-order valence-electron chi connectivity index (χ0n) is 15.3. The predicted octanol–water partition coefficient (Wildman–Crippen LogP) is 2.53. The molecule has 3 N–H and O–H groups in total. The molecule has 1 aliphatic rings. The molecule has 0 bridgehead atoms. The number of piperidine rings is 1. The second kappa shape index (κ2) is 9.01. The summed E-state index contributed by atoms with van der Waals surface area (Å²) in [7, 11) is 0. The van der Waals surface area contributed by atoms with Gasteiger partial charge in [0.05, 0.1) is 6.04 Å². The number of carbonyl (C=O) groups is 2. The lowest BCUT2D eigenvalue weighted by molar-refractivity contribution is -0.116. The molecule has 144 valence electrons. The summed E-state index contributed by atoms with van der Waals surface area (Å²) in [6, 6.07) is 7.34. The highest BCUT2D eigenvalue weighted by atomic mass is 35.5. The Morgan fingerprint density at radius 2 is 2.22 bits per heavy atom. The Balaban J connectivity index is 1.46.